The Hall–Kier alpha value is -1.19. The van der Waals surface area contributed by atoms with Crippen LogP contribution in [-0.2, 0) is 0 Å². The van der Waals surface area contributed by atoms with Crippen molar-refractivity contribution in [2.24, 2.45) is 0 Å². The maximum atomic E-state index is 12.6. The van der Waals surface area contributed by atoms with Gasteiger partial charge in [0.1, 0.15) is 5.82 Å². The van der Waals surface area contributed by atoms with Crippen LogP contribution in [0.1, 0.15) is 0 Å². The molecule has 0 saturated heterocycles. The first-order chi connectivity index (χ1) is 5.15. The number of halogens is 3. The molecule has 0 heterocycles. The van der Waals surface area contributed by atoms with E-state index in [1.165, 1.54) is 7.05 Å². The van der Waals surface area contributed by atoms with Crippen molar-refractivity contribution in [3.8, 4) is 0 Å². The van der Waals surface area contributed by atoms with E-state index in [-0.39, 0.29) is 5.69 Å². The minimum atomic E-state index is -1.19. The molecule has 0 atom stereocenters. The average Bonchev–Trinajstić information content (AvgIpc) is 1.96. The van der Waals surface area contributed by atoms with Crippen LogP contribution < -0.4 is 5.32 Å². The van der Waals surface area contributed by atoms with Crippen molar-refractivity contribution in [3.63, 3.8) is 0 Å². The Morgan fingerprint density at radius 1 is 1.18 bits per heavy atom. The molecule has 0 unspecified atom stereocenters. The predicted octanol–water partition coefficient (Wildman–Crippen LogP) is 2.15. The summed E-state index contributed by atoms with van der Waals surface area (Å²) in [4.78, 5) is 0. The molecular formula is C7H6F3N. The summed E-state index contributed by atoms with van der Waals surface area (Å²) in [5.74, 6) is -3.04. The van der Waals surface area contributed by atoms with Gasteiger partial charge in [-0.3, -0.25) is 0 Å². The van der Waals surface area contributed by atoms with E-state index in [4.69, 9.17) is 0 Å². The molecule has 0 spiro atoms. The Labute approximate surface area is 61.8 Å². The molecule has 0 aromatic heterocycles. The van der Waals surface area contributed by atoms with E-state index in [2.05, 4.69) is 5.32 Å². The molecule has 11 heavy (non-hydrogen) atoms. The van der Waals surface area contributed by atoms with Gasteiger partial charge in [-0.25, -0.2) is 13.2 Å². The molecule has 4 heteroatoms. The third-order valence-electron chi connectivity index (χ3n) is 1.26. The molecule has 0 saturated carbocycles. The summed E-state index contributed by atoms with van der Waals surface area (Å²) in [6, 6.07) is 1.38. The molecular weight excluding hydrogens is 155 g/mol. The van der Waals surface area contributed by atoms with Gasteiger partial charge in [0.25, 0.3) is 0 Å². The molecule has 0 aliphatic carbocycles. The first-order valence-electron chi connectivity index (χ1n) is 2.97. The van der Waals surface area contributed by atoms with E-state index in [0.29, 0.717) is 6.07 Å². The van der Waals surface area contributed by atoms with Gasteiger partial charge in [0.2, 0.25) is 0 Å². The van der Waals surface area contributed by atoms with Crippen LogP contribution in [0.5, 0.6) is 0 Å². The standard InChI is InChI=1S/C7H6F3N/c1-11-6-3-4(8)2-5(9)7(6)10/h2-3,11H,1H3. The second kappa shape index (κ2) is 2.82. The lowest BCUT2D eigenvalue weighted by Gasteiger charge is -2.01. The minimum absolute atomic E-state index is 0.178. The van der Waals surface area contributed by atoms with E-state index in [1.807, 2.05) is 0 Å². The van der Waals surface area contributed by atoms with Crippen molar-refractivity contribution in [2.75, 3.05) is 12.4 Å². The number of benzene rings is 1. The zero-order chi connectivity index (χ0) is 8.43. The molecule has 1 aromatic rings. The van der Waals surface area contributed by atoms with Gasteiger partial charge in [0.05, 0.1) is 5.69 Å². The van der Waals surface area contributed by atoms with Crippen molar-refractivity contribution in [3.05, 3.63) is 29.6 Å². The lowest BCUT2D eigenvalue weighted by atomic mass is 10.3. The molecule has 0 bridgehead atoms. The van der Waals surface area contributed by atoms with Gasteiger partial charge in [-0.15, -0.1) is 0 Å². The van der Waals surface area contributed by atoms with Gasteiger partial charge in [0, 0.05) is 19.2 Å². The Bertz CT molecular complexity index is 273. The molecule has 60 valence electrons. The predicted molar refractivity (Wildman–Crippen MR) is 35.9 cm³/mol. The molecule has 1 nitrogen and oxygen atoms in total. The van der Waals surface area contributed by atoms with E-state index in [1.54, 1.807) is 0 Å². The summed E-state index contributed by atoms with van der Waals surface area (Å²) in [6.45, 7) is 0. The summed E-state index contributed by atoms with van der Waals surface area (Å²) in [5.41, 5.74) is -0.178. The lowest BCUT2D eigenvalue weighted by Crippen LogP contribution is -1.96. The smallest absolute Gasteiger partial charge is 0.182 e. The zero-order valence-electron chi connectivity index (χ0n) is 5.79. The SMILES string of the molecule is CNc1cc(F)cc(F)c1F. The molecule has 0 amide bonds. The minimum Gasteiger partial charge on any atom is -0.386 e. The summed E-state index contributed by atoms with van der Waals surface area (Å²) < 4.78 is 37.3. The van der Waals surface area contributed by atoms with E-state index >= 15 is 0 Å². The van der Waals surface area contributed by atoms with Gasteiger partial charge in [-0.1, -0.05) is 0 Å². The monoisotopic (exact) mass is 161 g/mol. The largest absolute Gasteiger partial charge is 0.386 e. The lowest BCUT2D eigenvalue weighted by molar-refractivity contribution is 0.498. The van der Waals surface area contributed by atoms with Crippen LogP contribution in [0.15, 0.2) is 12.1 Å². The third-order valence-corrected chi connectivity index (χ3v) is 1.26. The quantitative estimate of drug-likeness (QED) is 0.622. The molecule has 1 aromatic carbocycles. The van der Waals surface area contributed by atoms with Crippen molar-refractivity contribution >= 4 is 5.69 Å². The van der Waals surface area contributed by atoms with Crippen LogP contribution in [0.3, 0.4) is 0 Å². The summed E-state index contributed by atoms with van der Waals surface area (Å²) in [5, 5.41) is 2.32. The number of hydrogen-bond donors (Lipinski definition) is 1. The molecule has 0 radical (unpaired) electrons. The van der Waals surface area contributed by atoms with Crippen molar-refractivity contribution in [1.82, 2.24) is 0 Å². The fourth-order valence-corrected chi connectivity index (χ4v) is 0.738. The Balaban J connectivity index is 3.24. The number of nitrogens with one attached hydrogen (secondary N) is 1. The normalized spacial score (nSPS) is 9.82. The maximum absolute atomic E-state index is 12.6. The van der Waals surface area contributed by atoms with Gasteiger partial charge in [-0.2, -0.15) is 0 Å². The van der Waals surface area contributed by atoms with E-state index in [9.17, 15) is 13.2 Å². The van der Waals surface area contributed by atoms with Crippen molar-refractivity contribution < 1.29 is 13.2 Å². The summed E-state index contributed by atoms with van der Waals surface area (Å²) >= 11 is 0. The Morgan fingerprint density at radius 3 is 2.36 bits per heavy atom. The van der Waals surface area contributed by atoms with Crippen LogP contribution in [-0.4, -0.2) is 7.05 Å². The fourth-order valence-electron chi connectivity index (χ4n) is 0.738. The van der Waals surface area contributed by atoms with Crippen LogP contribution in [0.2, 0.25) is 0 Å². The van der Waals surface area contributed by atoms with Crippen molar-refractivity contribution in [2.45, 2.75) is 0 Å². The van der Waals surface area contributed by atoms with E-state index in [0.717, 1.165) is 6.07 Å². The molecule has 0 fully saturated rings. The highest BCUT2D eigenvalue weighted by molar-refractivity contribution is 5.44. The number of anilines is 1. The number of hydrogen-bond acceptors (Lipinski definition) is 1. The second-order valence-electron chi connectivity index (χ2n) is 2.00. The van der Waals surface area contributed by atoms with E-state index < -0.39 is 17.5 Å². The van der Waals surface area contributed by atoms with Crippen LogP contribution in [0.25, 0.3) is 0 Å². The molecule has 0 aliphatic heterocycles. The second-order valence-corrected chi connectivity index (χ2v) is 2.00. The Morgan fingerprint density at radius 2 is 1.82 bits per heavy atom. The zero-order valence-corrected chi connectivity index (χ0v) is 5.79. The number of rotatable bonds is 1. The first-order valence-corrected chi connectivity index (χ1v) is 2.97. The highest BCUT2D eigenvalue weighted by Gasteiger charge is 2.08. The van der Waals surface area contributed by atoms with Gasteiger partial charge in [0.15, 0.2) is 11.6 Å². The fraction of sp³-hybridized carbons (Fsp3) is 0.143. The maximum Gasteiger partial charge on any atom is 0.182 e. The third kappa shape index (κ3) is 1.45. The topological polar surface area (TPSA) is 12.0 Å². The van der Waals surface area contributed by atoms with Crippen molar-refractivity contribution in [1.29, 1.82) is 0 Å². The van der Waals surface area contributed by atoms with Crippen LogP contribution in [0.4, 0.5) is 18.9 Å². The molecule has 1 rings (SSSR count). The summed E-state index contributed by atoms with van der Waals surface area (Å²) in [6.07, 6.45) is 0. The molecule has 0 aliphatic rings. The molecule has 1 N–H and O–H groups in total. The van der Waals surface area contributed by atoms with Gasteiger partial charge in [-0.05, 0) is 0 Å². The van der Waals surface area contributed by atoms with Crippen LogP contribution in [0, 0.1) is 17.5 Å². The summed E-state index contributed by atoms with van der Waals surface area (Å²) in [7, 11) is 1.39. The highest BCUT2D eigenvalue weighted by Crippen LogP contribution is 2.17. The first kappa shape index (κ1) is 7.91. The Kier molecular flexibility index (Phi) is 2.03. The average molecular weight is 161 g/mol. The van der Waals surface area contributed by atoms with Gasteiger partial charge >= 0.3 is 0 Å². The van der Waals surface area contributed by atoms with Gasteiger partial charge < -0.3 is 5.32 Å². The highest BCUT2D eigenvalue weighted by atomic mass is 19.2. The van der Waals surface area contributed by atoms with Crippen LogP contribution >= 0.6 is 0 Å².